The molecule has 8 nitrogen and oxygen atoms in total. The van der Waals surface area contributed by atoms with Gasteiger partial charge in [0.2, 0.25) is 0 Å². The van der Waals surface area contributed by atoms with Crippen LogP contribution in [0.5, 0.6) is 0 Å². The topological polar surface area (TPSA) is 90.8 Å². The van der Waals surface area contributed by atoms with Crippen LogP contribution in [0.4, 0.5) is 0 Å². The summed E-state index contributed by atoms with van der Waals surface area (Å²) in [4.78, 5) is 13.9. The Balaban J connectivity index is 1.26. The fourth-order valence-corrected chi connectivity index (χ4v) is 8.35. The molecular formula is C27H32N8S. The van der Waals surface area contributed by atoms with E-state index >= 15 is 0 Å². The number of aryl methyl sites for hydroxylation is 2. The van der Waals surface area contributed by atoms with Crippen molar-refractivity contribution in [2.45, 2.75) is 71.9 Å². The van der Waals surface area contributed by atoms with Gasteiger partial charge in [0.15, 0.2) is 5.65 Å². The van der Waals surface area contributed by atoms with Gasteiger partial charge in [0.05, 0.1) is 11.4 Å². The first-order valence-corrected chi connectivity index (χ1v) is 13.8. The van der Waals surface area contributed by atoms with Crippen molar-refractivity contribution < 1.29 is 0 Å². The Morgan fingerprint density at radius 1 is 1.14 bits per heavy atom. The Bertz CT molecular complexity index is 1590. The number of piperidine rings is 1. The molecule has 1 aliphatic carbocycles. The van der Waals surface area contributed by atoms with E-state index in [2.05, 4.69) is 76.2 Å². The summed E-state index contributed by atoms with van der Waals surface area (Å²) in [5, 5.41) is 16.8. The lowest BCUT2D eigenvalue weighted by atomic mass is 9.88. The van der Waals surface area contributed by atoms with E-state index in [9.17, 15) is 0 Å². The molecule has 0 spiro atoms. The molecule has 2 N–H and O–H groups in total. The number of thiophene rings is 1. The summed E-state index contributed by atoms with van der Waals surface area (Å²) in [6.07, 6.45) is 8.25. The maximum absolute atomic E-state index is 4.45. The molecule has 3 atom stereocenters. The minimum absolute atomic E-state index is 0.416. The summed E-state index contributed by atoms with van der Waals surface area (Å²) < 4.78 is 1.91. The van der Waals surface area contributed by atoms with E-state index in [4.69, 9.17) is 0 Å². The smallest absolute Gasteiger partial charge is 0.158 e. The normalized spacial score (nSPS) is 22.2. The molecule has 7 rings (SSSR count). The van der Waals surface area contributed by atoms with E-state index in [1.165, 1.54) is 56.6 Å². The lowest BCUT2D eigenvalue weighted by Crippen LogP contribution is -2.34. The van der Waals surface area contributed by atoms with E-state index in [1.807, 2.05) is 22.0 Å². The van der Waals surface area contributed by atoms with Crippen LogP contribution in [0.25, 0.3) is 27.1 Å². The van der Waals surface area contributed by atoms with Gasteiger partial charge in [-0.2, -0.15) is 5.10 Å². The van der Waals surface area contributed by atoms with Crippen LogP contribution in [0.1, 0.15) is 71.3 Å². The van der Waals surface area contributed by atoms with Crippen LogP contribution in [0.3, 0.4) is 0 Å². The maximum atomic E-state index is 4.45. The third-order valence-corrected chi connectivity index (χ3v) is 10.1. The molecule has 2 bridgehead atoms. The van der Waals surface area contributed by atoms with E-state index in [-0.39, 0.29) is 0 Å². The van der Waals surface area contributed by atoms with Crippen LogP contribution in [-0.4, -0.2) is 52.5 Å². The fourth-order valence-electron chi connectivity index (χ4n) is 6.92. The van der Waals surface area contributed by atoms with Gasteiger partial charge < -0.3 is 4.98 Å². The van der Waals surface area contributed by atoms with Crippen LogP contribution >= 0.6 is 11.3 Å². The van der Waals surface area contributed by atoms with Gasteiger partial charge in [0.25, 0.3) is 0 Å². The zero-order valence-electron chi connectivity index (χ0n) is 21.5. The van der Waals surface area contributed by atoms with Crippen molar-refractivity contribution >= 4 is 27.2 Å². The highest BCUT2D eigenvalue weighted by molar-refractivity contribution is 7.19. The van der Waals surface area contributed by atoms with Gasteiger partial charge in [-0.3, -0.25) is 10.00 Å². The fraction of sp³-hybridized carbons (Fsp3) is 0.481. The predicted molar refractivity (Wildman–Crippen MR) is 143 cm³/mol. The third-order valence-electron chi connectivity index (χ3n) is 8.76. The predicted octanol–water partition coefficient (Wildman–Crippen LogP) is 5.48. The molecule has 6 heterocycles. The second kappa shape index (κ2) is 7.98. The van der Waals surface area contributed by atoms with E-state index < -0.39 is 0 Å². The minimum atomic E-state index is 0.416. The number of likely N-dealkylation sites (tertiary alicyclic amines) is 1. The molecule has 1 saturated carbocycles. The zero-order valence-corrected chi connectivity index (χ0v) is 22.3. The van der Waals surface area contributed by atoms with Crippen molar-refractivity contribution in [3.63, 3.8) is 0 Å². The van der Waals surface area contributed by atoms with E-state index in [0.717, 1.165) is 30.3 Å². The molecule has 0 aromatic carbocycles. The van der Waals surface area contributed by atoms with E-state index in [1.54, 1.807) is 11.2 Å². The number of aromatic amines is 2. The first-order chi connectivity index (χ1) is 17.4. The lowest BCUT2D eigenvalue weighted by molar-refractivity contribution is 0.190. The van der Waals surface area contributed by atoms with Crippen LogP contribution in [0.15, 0.2) is 18.7 Å². The summed E-state index contributed by atoms with van der Waals surface area (Å²) in [7, 11) is 0. The molecule has 1 saturated heterocycles. The van der Waals surface area contributed by atoms with Gasteiger partial charge in [-0.25, -0.2) is 9.50 Å². The second-order valence-corrected chi connectivity index (χ2v) is 12.1. The number of pyridine rings is 1. The highest BCUT2D eigenvalue weighted by atomic mass is 32.1. The molecule has 36 heavy (non-hydrogen) atoms. The molecule has 2 fully saturated rings. The molecule has 9 heteroatoms. The van der Waals surface area contributed by atoms with Crippen LogP contribution in [0.2, 0.25) is 0 Å². The molecule has 0 amide bonds. The van der Waals surface area contributed by atoms with Gasteiger partial charge >= 0.3 is 0 Å². The number of hydrogen-bond donors (Lipinski definition) is 2. The largest absolute Gasteiger partial charge is 0.346 e. The molecule has 2 unspecified atom stereocenters. The highest BCUT2D eigenvalue weighted by Gasteiger charge is 2.46. The van der Waals surface area contributed by atoms with Gasteiger partial charge in [0, 0.05) is 47.4 Å². The average Bonchev–Trinajstić information content (AvgIpc) is 3.67. The Morgan fingerprint density at radius 2 is 2.00 bits per heavy atom. The summed E-state index contributed by atoms with van der Waals surface area (Å²) >= 11 is 1.99. The Hall–Kier alpha value is -3.04. The number of nitrogens with zero attached hydrogens (tertiary/aromatic N) is 6. The third kappa shape index (κ3) is 3.15. The number of rotatable bonds is 5. The van der Waals surface area contributed by atoms with Crippen molar-refractivity contribution in [2.75, 3.05) is 6.54 Å². The highest BCUT2D eigenvalue weighted by Crippen LogP contribution is 2.53. The zero-order chi connectivity index (χ0) is 24.7. The number of fused-ring (bicyclic) bond motifs is 4. The number of aromatic nitrogens is 7. The number of H-pyrrole nitrogens is 2. The Morgan fingerprint density at radius 3 is 2.72 bits per heavy atom. The number of nitrogens with one attached hydrogen (secondary N) is 2. The molecule has 5 aromatic rings. The number of hydrogen-bond acceptors (Lipinski definition) is 6. The molecule has 0 radical (unpaired) electrons. The molecule has 5 aromatic heterocycles. The lowest BCUT2D eigenvalue weighted by Gasteiger charge is -2.30. The standard InChI is InChI=1S/C27H32N8S/c1-13(2)22-23-16(5)25(20-7-19-6-17(20)9-34(19)10-18-8-29-33-32-18)36-27(23)31-24(22)21-11-35-26(28-12-30-35)15(4)14(21)3/h8,11-13,17,19-20,31H,6-7,9-10H2,1-5H3,(H,29,32,33)/t17?,19?,20-/m1/s1. The molecule has 1 aliphatic heterocycles. The second-order valence-electron chi connectivity index (χ2n) is 11.1. The van der Waals surface area contributed by atoms with Gasteiger partial charge in [-0.1, -0.05) is 19.1 Å². The van der Waals surface area contributed by atoms with Gasteiger partial charge in [-0.05, 0) is 73.6 Å². The van der Waals surface area contributed by atoms with Crippen molar-refractivity contribution in [1.29, 1.82) is 0 Å². The maximum Gasteiger partial charge on any atom is 0.158 e. The van der Waals surface area contributed by atoms with Crippen molar-refractivity contribution in [2.24, 2.45) is 5.92 Å². The molecule has 186 valence electrons. The van der Waals surface area contributed by atoms with Crippen molar-refractivity contribution in [3.05, 3.63) is 51.5 Å². The summed E-state index contributed by atoms with van der Waals surface area (Å²) in [5.41, 5.74) is 9.82. The minimum Gasteiger partial charge on any atom is -0.346 e. The van der Waals surface area contributed by atoms with Crippen LogP contribution < -0.4 is 0 Å². The van der Waals surface area contributed by atoms with Gasteiger partial charge in [-0.15, -0.1) is 16.4 Å². The van der Waals surface area contributed by atoms with E-state index in [0.29, 0.717) is 17.9 Å². The first kappa shape index (κ1) is 22.2. The average molecular weight is 501 g/mol. The first-order valence-electron chi connectivity index (χ1n) is 12.9. The monoisotopic (exact) mass is 500 g/mol. The Kier molecular flexibility index (Phi) is 4.92. The van der Waals surface area contributed by atoms with Crippen LogP contribution in [-0.2, 0) is 6.54 Å². The Labute approximate surface area is 214 Å². The molecule has 2 aliphatic rings. The SMILES string of the molecule is Cc1c(-c2[nH]c3sc([C@@H]4CC5CC4CN5Cc4c[nH]nn4)c(C)c3c2C(C)C)cn2ncnc2c1C. The summed E-state index contributed by atoms with van der Waals surface area (Å²) in [6.45, 7) is 13.4. The molecular weight excluding hydrogens is 468 g/mol. The van der Waals surface area contributed by atoms with Crippen molar-refractivity contribution in [3.8, 4) is 11.3 Å². The van der Waals surface area contributed by atoms with Gasteiger partial charge in [0.1, 0.15) is 11.2 Å². The summed E-state index contributed by atoms with van der Waals surface area (Å²) in [6, 6.07) is 0.650. The van der Waals surface area contributed by atoms with Crippen LogP contribution in [0, 0.1) is 26.7 Å². The summed E-state index contributed by atoms with van der Waals surface area (Å²) in [5.74, 6) is 1.80. The van der Waals surface area contributed by atoms with Crippen molar-refractivity contribution in [1.82, 2.24) is 39.9 Å². The quantitative estimate of drug-likeness (QED) is 0.333.